The van der Waals surface area contributed by atoms with Crippen LogP contribution in [0.5, 0.6) is 0 Å². The van der Waals surface area contributed by atoms with Gasteiger partial charge in [-0.3, -0.25) is 14.4 Å². The number of H-pyrrole nitrogens is 1. The van der Waals surface area contributed by atoms with Crippen LogP contribution >= 0.6 is 11.8 Å². The molecule has 3 rings (SSSR count). The molecule has 208 valence electrons. The number of thioether (sulfide) groups is 1. The normalized spacial score (nSPS) is 17.6. The fourth-order valence-electron chi connectivity index (χ4n) is 4.65. The van der Waals surface area contributed by atoms with Gasteiger partial charge < -0.3 is 31.4 Å². The van der Waals surface area contributed by atoms with Crippen molar-refractivity contribution in [2.24, 2.45) is 5.92 Å². The SMILES string of the molecule is CSCCC(NC(=O)C1CCCN1)C(=O)NC(CC(C)C)C(=O)NC(Cc1c[nH]c2ccccc12)C(=O)O. The van der Waals surface area contributed by atoms with Gasteiger partial charge in [0.1, 0.15) is 18.1 Å². The van der Waals surface area contributed by atoms with E-state index >= 15 is 0 Å². The predicted octanol–water partition coefficient (Wildman–Crippen LogP) is 1.80. The van der Waals surface area contributed by atoms with Gasteiger partial charge in [-0.1, -0.05) is 32.0 Å². The number of fused-ring (bicyclic) bond motifs is 1. The third-order valence-corrected chi connectivity index (χ3v) is 7.32. The lowest BCUT2D eigenvalue weighted by atomic mass is 10.0. The third kappa shape index (κ3) is 8.22. The molecule has 1 aromatic heterocycles. The molecule has 38 heavy (non-hydrogen) atoms. The Labute approximate surface area is 227 Å². The van der Waals surface area contributed by atoms with Crippen LogP contribution < -0.4 is 21.3 Å². The van der Waals surface area contributed by atoms with E-state index in [1.54, 1.807) is 18.0 Å². The monoisotopic (exact) mass is 545 g/mol. The van der Waals surface area contributed by atoms with E-state index in [4.69, 9.17) is 0 Å². The van der Waals surface area contributed by atoms with Crippen molar-refractivity contribution in [1.29, 1.82) is 0 Å². The first kappa shape index (κ1) is 29.5. The topological polar surface area (TPSA) is 152 Å². The molecular formula is C27H39N5O5S. The van der Waals surface area contributed by atoms with Crippen LogP contribution in [-0.2, 0) is 25.6 Å². The second kappa shape index (κ2) is 14.2. The number of aromatic amines is 1. The van der Waals surface area contributed by atoms with E-state index in [2.05, 4.69) is 26.3 Å². The molecule has 2 aromatic rings. The number of carbonyl (C=O) groups excluding carboxylic acids is 3. The smallest absolute Gasteiger partial charge is 0.326 e. The van der Waals surface area contributed by atoms with E-state index in [1.165, 1.54) is 0 Å². The summed E-state index contributed by atoms with van der Waals surface area (Å²) in [6.45, 7) is 4.61. The number of amides is 3. The van der Waals surface area contributed by atoms with Crippen LogP contribution in [0.4, 0.5) is 0 Å². The first-order valence-corrected chi connectivity index (χ1v) is 14.5. The van der Waals surface area contributed by atoms with Crippen LogP contribution in [-0.4, -0.2) is 76.5 Å². The largest absolute Gasteiger partial charge is 0.480 e. The number of para-hydroxylation sites is 1. The Hall–Kier alpha value is -3.05. The summed E-state index contributed by atoms with van der Waals surface area (Å²) in [5.74, 6) is -1.68. The molecule has 6 N–H and O–H groups in total. The Kier molecular flexibility index (Phi) is 11.0. The summed E-state index contributed by atoms with van der Waals surface area (Å²) in [4.78, 5) is 54.4. The van der Waals surface area contributed by atoms with Crippen LogP contribution in [0.1, 0.15) is 45.1 Å². The van der Waals surface area contributed by atoms with E-state index in [9.17, 15) is 24.3 Å². The highest BCUT2D eigenvalue weighted by Gasteiger charge is 2.32. The number of carbonyl (C=O) groups is 4. The van der Waals surface area contributed by atoms with Crippen molar-refractivity contribution in [2.45, 2.75) is 70.1 Å². The highest BCUT2D eigenvalue weighted by molar-refractivity contribution is 7.98. The lowest BCUT2D eigenvalue weighted by Crippen LogP contribution is -2.57. The summed E-state index contributed by atoms with van der Waals surface area (Å²) < 4.78 is 0. The van der Waals surface area contributed by atoms with Crippen molar-refractivity contribution >= 4 is 46.4 Å². The molecule has 0 aliphatic carbocycles. The highest BCUT2D eigenvalue weighted by Crippen LogP contribution is 2.19. The lowest BCUT2D eigenvalue weighted by molar-refractivity contribution is -0.142. The molecule has 0 radical (unpaired) electrons. The van der Waals surface area contributed by atoms with Crippen LogP contribution in [0.15, 0.2) is 30.5 Å². The Morgan fingerprint density at radius 1 is 1.05 bits per heavy atom. The maximum absolute atomic E-state index is 13.3. The molecule has 0 bridgehead atoms. The number of carboxylic acids is 1. The minimum Gasteiger partial charge on any atom is -0.480 e. The Balaban J connectivity index is 1.70. The van der Waals surface area contributed by atoms with Crippen molar-refractivity contribution < 1.29 is 24.3 Å². The van der Waals surface area contributed by atoms with Crippen LogP contribution in [0.3, 0.4) is 0 Å². The zero-order valence-corrected chi connectivity index (χ0v) is 23.0. The third-order valence-electron chi connectivity index (χ3n) is 6.67. The van der Waals surface area contributed by atoms with Gasteiger partial charge in [-0.05, 0) is 61.8 Å². The maximum Gasteiger partial charge on any atom is 0.326 e. The van der Waals surface area contributed by atoms with Crippen molar-refractivity contribution in [3.05, 3.63) is 36.0 Å². The van der Waals surface area contributed by atoms with Crippen molar-refractivity contribution in [2.75, 3.05) is 18.6 Å². The number of hydrogen-bond donors (Lipinski definition) is 6. The molecule has 2 heterocycles. The van der Waals surface area contributed by atoms with Gasteiger partial charge in [-0.25, -0.2) is 4.79 Å². The van der Waals surface area contributed by atoms with Gasteiger partial charge in [0.2, 0.25) is 17.7 Å². The Morgan fingerprint density at radius 2 is 1.76 bits per heavy atom. The van der Waals surface area contributed by atoms with Crippen molar-refractivity contribution in [3.63, 3.8) is 0 Å². The molecule has 1 aliphatic rings. The van der Waals surface area contributed by atoms with Gasteiger partial charge in [-0.2, -0.15) is 11.8 Å². The van der Waals surface area contributed by atoms with Crippen LogP contribution in [0.2, 0.25) is 0 Å². The summed E-state index contributed by atoms with van der Waals surface area (Å²) in [6, 6.07) is 4.33. The molecule has 1 aliphatic heterocycles. The first-order valence-electron chi connectivity index (χ1n) is 13.1. The average molecular weight is 546 g/mol. The van der Waals surface area contributed by atoms with E-state index in [-0.39, 0.29) is 24.3 Å². The fourth-order valence-corrected chi connectivity index (χ4v) is 5.12. The zero-order chi connectivity index (χ0) is 27.7. The fraction of sp³-hybridized carbons (Fsp3) is 0.556. The molecule has 1 fully saturated rings. The van der Waals surface area contributed by atoms with Crippen LogP contribution in [0.25, 0.3) is 10.9 Å². The highest BCUT2D eigenvalue weighted by atomic mass is 32.2. The van der Waals surface area contributed by atoms with Gasteiger partial charge >= 0.3 is 5.97 Å². The standard InChI is InChI=1S/C27H39N5O5S/c1-16(2)13-22(31-25(34)21(10-12-38-3)30-24(33)20-9-6-11-28-20)26(35)32-23(27(36)37)14-17-15-29-19-8-5-4-7-18(17)19/h4-5,7-8,15-16,20-23,28-29H,6,9-14H2,1-3H3,(H,30,33)(H,31,34)(H,32,35)(H,36,37). The minimum absolute atomic E-state index is 0.0601. The molecule has 0 spiro atoms. The quantitative estimate of drug-likeness (QED) is 0.212. The second-order valence-corrected chi connectivity index (χ2v) is 11.1. The molecule has 4 atom stereocenters. The number of benzene rings is 1. The lowest BCUT2D eigenvalue weighted by Gasteiger charge is -2.26. The molecule has 10 nitrogen and oxygen atoms in total. The molecular weight excluding hydrogens is 506 g/mol. The Morgan fingerprint density at radius 3 is 2.42 bits per heavy atom. The minimum atomic E-state index is -1.17. The first-order chi connectivity index (χ1) is 18.2. The van der Waals surface area contributed by atoms with Gasteiger partial charge in [0.25, 0.3) is 0 Å². The predicted molar refractivity (Wildman–Crippen MR) is 149 cm³/mol. The van der Waals surface area contributed by atoms with Gasteiger partial charge in [0.05, 0.1) is 6.04 Å². The summed E-state index contributed by atoms with van der Waals surface area (Å²) in [7, 11) is 0. The molecule has 1 saturated heterocycles. The molecule has 3 amide bonds. The van der Waals surface area contributed by atoms with Crippen molar-refractivity contribution in [3.8, 4) is 0 Å². The number of rotatable bonds is 14. The van der Waals surface area contributed by atoms with E-state index in [0.29, 0.717) is 25.0 Å². The van der Waals surface area contributed by atoms with E-state index in [0.717, 1.165) is 29.4 Å². The Bertz CT molecular complexity index is 1110. The van der Waals surface area contributed by atoms with Gasteiger partial charge in [0.15, 0.2) is 0 Å². The zero-order valence-electron chi connectivity index (χ0n) is 22.2. The van der Waals surface area contributed by atoms with Gasteiger partial charge in [-0.15, -0.1) is 0 Å². The summed E-state index contributed by atoms with van der Waals surface area (Å²) in [6.07, 6.45) is 6.12. The molecule has 4 unspecified atom stereocenters. The molecule has 1 aromatic carbocycles. The van der Waals surface area contributed by atoms with E-state index in [1.807, 2.05) is 44.4 Å². The van der Waals surface area contributed by atoms with Crippen molar-refractivity contribution in [1.82, 2.24) is 26.3 Å². The summed E-state index contributed by atoms with van der Waals surface area (Å²) >= 11 is 1.56. The average Bonchev–Trinajstić information content (AvgIpc) is 3.56. The van der Waals surface area contributed by atoms with E-state index < -0.39 is 35.9 Å². The van der Waals surface area contributed by atoms with Gasteiger partial charge in [0, 0.05) is 23.5 Å². The number of nitrogens with one attached hydrogen (secondary N) is 5. The van der Waals surface area contributed by atoms with Crippen LogP contribution in [0, 0.1) is 5.92 Å². The number of aliphatic carboxylic acids is 1. The second-order valence-electron chi connectivity index (χ2n) is 10.1. The molecule has 11 heteroatoms. The maximum atomic E-state index is 13.3. The number of hydrogen-bond acceptors (Lipinski definition) is 6. The summed E-state index contributed by atoms with van der Waals surface area (Å²) in [5.41, 5.74) is 1.66. The number of aromatic nitrogens is 1. The number of carboxylic acid groups (broad SMARTS) is 1. The summed E-state index contributed by atoms with van der Waals surface area (Å²) in [5, 5.41) is 22.1. The molecule has 0 saturated carbocycles.